The van der Waals surface area contributed by atoms with Gasteiger partial charge in [0.1, 0.15) is 11.4 Å². The monoisotopic (exact) mass is 355 g/mol. The fraction of sp³-hybridized carbons (Fsp3) is 0.529. The lowest BCUT2D eigenvalue weighted by Crippen LogP contribution is -2.41. The van der Waals surface area contributed by atoms with Gasteiger partial charge in [-0.1, -0.05) is 32.0 Å². The average Bonchev–Trinajstić information content (AvgIpc) is 2.60. The van der Waals surface area contributed by atoms with Crippen molar-refractivity contribution in [1.82, 2.24) is 0 Å². The van der Waals surface area contributed by atoms with Crippen molar-refractivity contribution >= 4 is 11.9 Å². The number of rotatable bonds is 5. The fourth-order valence-corrected chi connectivity index (χ4v) is 2.62. The molecule has 6 N–H and O–H groups in total. The minimum atomic E-state index is -2.27. The largest absolute Gasteiger partial charge is 0.487 e. The van der Waals surface area contributed by atoms with Crippen molar-refractivity contribution in [3.63, 3.8) is 0 Å². The quantitative estimate of drug-likeness (QED) is 0.523. The number of hydrogen-bond donors (Lipinski definition) is 5. The van der Waals surface area contributed by atoms with Crippen LogP contribution >= 0.6 is 0 Å². The van der Waals surface area contributed by atoms with Crippen LogP contribution in [-0.4, -0.2) is 50.2 Å². The van der Waals surface area contributed by atoms with Crippen molar-refractivity contribution in [1.29, 1.82) is 0 Å². The van der Waals surface area contributed by atoms with Crippen molar-refractivity contribution < 1.29 is 34.8 Å². The molecular weight excluding hydrogens is 330 g/mol. The second kappa shape index (κ2) is 8.80. The maximum Gasteiger partial charge on any atom is 0.335 e. The second-order valence-electron chi connectivity index (χ2n) is 5.91. The summed E-state index contributed by atoms with van der Waals surface area (Å²) < 4.78 is 6.11. The standard InChI is InChI=1S/C13H19NO.C4H6O6/c1-3-13(4-2)9-11(14)10-7-5-6-8-12(10)15-13;5-1(3(7)8)2(6)4(9)10/h5-8,11H,3-4,9,14H2,1-2H3;1-2,5-6H,(H,7,8)(H,9,10)/t11-;1-,2-/m10/s1. The summed E-state index contributed by atoms with van der Waals surface area (Å²) >= 11 is 0. The Morgan fingerprint density at radius 1 is 1.16 bits per heavy atom. The predicted octanol–water partition coefficient (Wildman–Crippen LogP) is 0.905. The van der Waals surface area contributed by atoms with E-state index in [-0.39, 0.29) is 11.6 Å². The Morgan fingerprint density at radius 3 is 2.08 bits per heavy atom. The molecule has 0 fully saturated rings. The van der Waals surface area contributed by atoms with Gasteiger partial charge < -0.3 is 30.9 Å². The van der Waals surface area contributed by atoms with Crippen LogP contribution in [0.15, 0.2) is 24.3 Å². The lowest BCUT2D eigenvalue weighted by Gasteiger charge is -2.40. The van der Waals surface area contributed by atoms with E-state index in [1.807, 2.05) is 18.2 Å². The van der Waals surface area contributed by atoms with Gasteiger partial charge in [0.2, 0.25) is 0 Å². The van der Waals surface area contributed by atoms with Crippen molar-refractivity contribution in [3.8, 4) is 5.75 Å². The number of aliphatic hydroxyl groups is 2. The number of aliphatic carboxylic acids is 2. The summed E-state index contributed by atoms with van der Waals surface area (Å²) in [5.41, 5.74) is 7.29. The molecule has 1 aromatic rings. The van der Waals surface area contributed by atoms with E-state index in [1.165, 1.54) is 0 Å². The molecule has 3 atom stereocenters. The Kier molecular flexibility index (Phi) is 7.35. The summed E-state index contributed by atoms with van der Waals surface area (Å²) in [7, 11) is 0. The molecule has 0 aliphatic carbocycles. The molecule has 1 heterocycles. The normalized spacial score (nSPS) is 20.1. The highest BCUT2D eigenvalue weighted by atomic mass is 16.5. The Balaban J connectivity index is 0.000000275. The highest BCUT2D eigenvalue weighted by Gasteiger charge is 2.36. The number of hydrogen-bond acceptors (Lipinski definition) is 6. The molecular formula is C17H25NO7. The number of carboxylic acids is 2. The molecule has 1 aromatic carbocycles. The van der Waals surface area contributed by atoms with Crippen LogP contribution in [0.2, 0.25) is 0 Å². The van der Waals surface area contributed by atoms with Crippen LogP contribution in [0.3, 0.4) is 0 Å². The Bertz CT molecular complexity index is 582. The Morgan fingerprint density at radius 2 is 1.64 bits per heavy atom. The van der Waals surface area contributed by atoms with Crippen molar-refractivity contribution in [2.75, 3.05) is 0 Å². The molecule has 2 rings (SSSR count). The van der Waals surface area contributed by atoms with E-state index < -0.39 is 24.1 Å². The number of aliphatic hydroxyl groups excluding tert-OH is 2. The smallest absolute Gasteiger partial charge is 0.335 e. The first-order chi connectivity index (χ1) is 11.7. The topological polar surface area (TPSA) is 150 Å². The number of fused-ring (bicyclic) bond motifs is 1. The number of benzene rings is 1. The summed E-state index contributed by atoms with van der Waals surface area (Å²) in [5.74, 6) is -2.57. The molecule has 140 valence electrons. The van der Waals surface area contributed by atoms with Crippen LogP contribution in [0.1, 0.15) is 44.7 Å². The van der Waals surface area contributed by atoms with Crippen molar-refractivity contribution in [2.45, 2.75) is 57.0 Å². The van der Waals surface area contributed by atoms with E-state index in [0.717, 1.165) is 30.6 Å². The van der Waals surface area contributed by atoms with E-state index in [0.29, 0.717) is 0 Å². The molecule has 0 saturated carbocycles. The van der Waals surface area contributed by atoms with Gasteiger partial charge in [0, 0.05) is 18.0 Å². The second-order valence-corrected chi connectivity index (χ2v) is 5.91. The van der Waals surface area contributed by atoms with Crippen LogP contribution in [-0.2, 0) is 9.59 Å². The number of carboxylic acid groups (broad SMARTS) is 2. The predicted molar refractivity (Wildman–Crippen MR) is 89.2 cm³/mol. The highest BCUT2D eigenvalue weighted by Crippen LogP contribution is 2.41. The zero-order valence-electron chi connectivity index (χ0n) is 14.3. The van der Waals surface area contributed by atoms with Crippen LogP contribution in [0.25, 0.3) is 0 Å². The van der Waals surface area contributed by atoms with Gasteiger partial charge >= 0.3 is 11.9 Å². The molecule has 25 heavy (non-hydrogen) atoms. The number of carbonyl (C=O) groups is 2. The van der Waals surface area contributed by atoms with Crippen LogP contribution in [0.4, 0.5) is 0 Å². The third-order valence-electron chi connectivity index (χ3n) is 4.33. The van der Waals surface area contributed by atoms with E-state index in [2.05, 4.69) is 19.9 Å². The summed E-state index contributed by atoms with van der Waals surface area (Å²) in [6.45, 7) is 4.34. The maximum atomic E-state index is 9.77. The van der Waals surface area contributed by atoms with Crippen LogP contribution < -0.4 is 10.5 Å². The van der Waals surface area contributed by atoms with E-state index in [4.69, 9.17) is 30.9 Å². The lowest BCUT2D eigenvalue weighted by molar-refractivity contribution is -0.165. The zero-order chi connectivity index (χ0) is 19.2. The van der Waals surface area contributed by atoms with Gasteiger partial charge in [-0.2, -0.15) is 0 Å². The number of para-hydroxylation sites is 1. The van der Waals surface area contributed by atoms with Crippen LogP contribution in [0, 0.1) is 0 Å². The summed E-state index contributed by atoms with van der Waals surface area (Å²) in [6, 6.07) is 8.23. The first-order valence-electron chi connectivity index (χ1n) is 8.02. The molecule has 0 radical (unpaired) electrons. The van der Waals surface area contributed by atoms with Gasteiger partial charge in [-0.05, 0) is 18.9 Å². The first kappa shape index (κ1) is 20.9. The summed E-state index contributed by atoms with van der Waals surface area (Å²) in [6.07, 6.45) is -1.57. The molecule has 0 unspecified atom stereocenters. The van der Waals surface area contributed by atoms with E-state index >= 15 is 0 Å². The fourth-order valence-electron chi connectivity index (χ4n) is 2.62. The van der Waals surface area contributed by atoms with Gasteiger partial charge in [0.25, 0.3) is 0 Å². The lowest BCUT2D eigenvalue weighted by atomic mass is 9.84. The molecule has 0 spiro atoms. The third-order valence-corrected chi connectivity index (χ3v) is 4.33. The molecule has 1 aliphatic rings. The number of nitrogens with two attached hydrogens (primary N) is 1. The van der Waals surface area contributed by atoms with E-state index in [1.54, 1.807) is 0 Å². The minimum Gasteiger partial charge on any atom is -0.487 e. The molecule has 0 amide bonds. The molecule has 0 aromatic heterocycles. The summed E-state index contributed by atoms with van der Waals surface area (Å²) in [4.78, 5) is 19.5. The van der Waals surface area contributed by atoms with Gasteiger partial charge in [-0.15, -0.1) is 0 Å². The molecule has 8 nitrogen and oxygen atoms in total. The molecule has 0 bridgehead atoms. The van der Waals surface area contributed by atoms with Gasteiger partial charge in [0.05, 0.1) is 0 Å². The van der Waals surface area contributed by atoms with Crippen LogP contribution in [0.5, 0.6) is 5.75 Å². The van der Waals surface area contributed by atoms with Gasteiger partial charge in [-0.3, -0.25) is 0 Å². The zero-order valence-corrected chi connectivity index (χ0v) is 14.3. The Labute approximate surface area is 145 Å². The number of ether oxygens (including phenoxy) is 1. The molecule has 8 heteroatoms. The SMILES string of the molecule is CCC1(CC)C[C@@H](N)c2ccccc2O1.O=C(O)[C@@H](O)[C@H](O)C(=O)O. The van der Waals surface area contributed by atoms with E-state index in [9.17, 15) is 9.59 Å². The minimum absolute atomic E-state index is 0.0478. The average molecular weight is 355 g/mol. The maximum absolute atomic E-state index is 9.77. The van der Waals surface area contributed by atoms with Gasteiger partial charge in [0.15, 0.2) is 12.2 Å². The Hall–Kier alpha value is -2.16. The van der Waals surface area contributed by atoms with Gasteiger partial charge in [-0.25, -0.2) is 9.59 Å². The molecule has 0 saturated heterocycles. The third kappa shape index (κ3) is 5.15. The first-order valence-corrected chi connectivity index (χ1v) is 8.02. The van der Waals surface area contributed by atoms with Crippen molar-refractivity contribution in [2.24, 2.45) is 5.73 Å². The molecule has 1 aliphatic heterocycles. The van der Waals surface area contributed by atoms with Crippen molar-refractivity contribution in [3.05, 3.63) is 29.8 Å². The summed E-state index contributed by atoms with van der Waals surface area (Å²) in [5, 5.41) is 32.5. The highest BCUT2D eigenvalue weighted by molar-refractivity contribution is 5.83.